The van der Waals surface area contributed by atoms with Gasteiger partial charge in [-0.3, -0.25) is 0 Å². The van der Waals surface area contributed by atoms with Gasteiger partial charge in [0, 0.05) is 18.8 Å². The maximum atomic E-state index is 13.1. The molecule has 0 bridgehead atoms. The van der Waals surface area contributed by atoms with Crippen molar-refractivity contribution in [2.75, 3.05) is 13.1 Å². The first kappa shape index (κ1) is 19.5. The van der Waals surface area contributed by atoms with Crippen LogP contribution in [-0.4, -0.2) is 41.9 Å². The standard InChI is InChI=1S/C22H23N3O3S/c1-17-23-14-13-22(24-17)28-20-8-5-15-25(16-20)29(26,27)21-11-9-19(10-12-21)18-6-3-2-4-7-18/h2-4,6-7,9-14,20H,5,8,15-16H2,1H3. The van der Waals surface area contributed by atoms with E-state index in [9.17, 15) is 8.42 Å². The lowest BCUT2D eigenvalue weighted by Crippen LogP contribution is -2.44. The summed E-state index contributed by atoms with van der Waals surface area (Å²) in [4.78, 5) is 8.61. The van der Waals surface area contributed by atoms with Gasteiger partial charge in [0.05, 0.1) is 11.4 Å². The average molecular weight is 410 g/mol. The zero-order valence-corrected chi connectivity index (χ0v) is 17.0. The molecule has 0 spiro atoms. The topological polar surface area (TPSA) is 72.4 Å². The zero-order valence-electron chi connectivity index (χ0n) is 16.2. The second-order valence-corrected chi connectivity index (χ2v) is 9.02. The van der Waals surface area contributed by atoms with Crippen LogP contribution < -0.4 is 4.74 Å². The van der Waals surface area contributed by atoms with Crippen LogP contribution in [0.2, 0.25) is 0 Å². The van der Waals surface area contributed by atoms with Gasteiger partial charge in [-0.05, 0) is 43.0 Å². The van der Waals surface area contributed by atoms with Crippen LogP contribution in [-0.2, 0) is 10.0 Å². The summed E-state index contributed by atoms with van der Waals surface area (Å²) in [7, 11) is -3.57. The third-order valence-electron chi connectivity index (χ3n) is 4.98. The largest absolute Gasteiger partial charge is 0.473 e. The van der Waals surface area contributed by atoms with E-state index in [0.29, 0.717) is 29.7 Å². The molecule has 3 aromatic rings. The molecule has 4 rings (SSSR count). The molecule has 1 aliphatic heterocycles. The van der Waals surface area contributed by atoms with Crippen molar-refractivity contribution in [1.82, 2.24) is 14.3 Å². The molecule has 2 aromatic carbocycles. The summed E-state index contributed by atoms with van der Waals surface area (Å²) in [5.74, 6) is 1.11. The molecule has 0 amide bonds. The van der Waals surface area contributed by atoms with Crippen LogP contribution >= 0.6 is 0 Å². The minimum atomic E-state index is -3.57. The number of hydrogen-bond donors (Lipinski definition) is 0. The monoisotopic (exact) mass is 409 g/mol. The van der Waals surface area contributed by atoms with Crippen molar-refractivity contribution in [3.05, 3.63) is 72.7 Å². The van der Waals surface area contributed by atoms with Gasteiger partial charge in [0.15, 0.2) is 0 Å². The highest BCUT2D eigenvalue weighted by molar-refractivity contribution is 7.89. The van der Waals surface area contributed by atoms with Crippen LogP contribution in [0.25, 0.3) is 11.1 Å². The van der Waals surface area contributed by atoms with Gasteiger partial charge in [0.2, 0.25) is 15.9 Å². The first-order chi connectivity index (χ1) is 14.0. The summed E-state index contributed by atoms with van der Waals surface area (Å²) in [6, 6.07) is 18.7. The Morgan fingerprint density at radius 1 is 1.00 bits per heavy atom. The van der Waals surface area contributed by atoms with E-state index in [1.165, 1.54) is 4.31 Å². The number of benzene rings is 2. The lowest BCUT2D eigenvalue weighted by atomic mass is 10.1. The third-order valence-corrected chi connectivity index (χ3v) is 6.86. The molecule has 0 aliphatic carbocycles. The molecule has 1 aliphatic rings. The van der Waals surface area contributed by atoms with Gasteiger partial charge < -0.3 is 4.74 Å². The van der Waals surface area contributed by atoms with Crippen LogP contribution in [0, 0.1) is 6.92 Å². The number of nitrogens with zero attached hydrogens (tertiary/aromatic N) is 3. The summed E-state index contributed by atoms with van der Waals surface area (Å²) in [6.45, 7) is 2.60. The van der Waals surface area contributed by atoms with Crippen LogP contribution in [0.15, 0.2) is 71.8 Å². The zero-order chi connectivity index (χ0) is 20.3. The number of ether oxygens (including phenoxy) is 1. The van der Waals surface area contributed by atoms with Crippen molar-refractivity contribution in [2.24, 2.45) is 0 Å². The molecule has 0 N–H and O–H groups in total. The highest BCUT2D eigenvalue weighted by Crippen LogP contribution is 2.25. The number of rotatable bonds is 5. The van der Waals surface area contributed by atoms with Crippen molar-refractivity contribution in [1.29, 1.82) is 0 Å². The van der Waals surface area contributed by atoms with Crippen molar-refractivity contribution >= 4 is 10.0 Å². The maximum absolute atomic E-state index is 13.1. The van der Waals surface area contributed by atoms with Crippen molar-refractivity contribution in [3.63, 3.8) is 0 Å². The van der Waals surface area contributed by atoms with Crippen molar-refractivity contribution in [3.8, 4) is 17.0 Å². The number of hydrogen-bond acceptors (Lipinski definition) is 5. The predicted octanol–water partition coefficient (Wildman–Crippen LogP) is 3.68. The third kappa shape index (κ3) is 4.46. The van der Waals surface area contributed by atoms with E-state index in [2.05, 4.69) is 9.97 Å². The maximum Gasteiger partial charge on any atom is 0.243 e. The van der Waals surface area contributed by atoms with Crippen LogP contribution in [0.3, 0.4) is 0 Å². The Hall–Kier alpha value is -2.77. The SMILES string of the molecule is Cc1nccc(OC2CCCN(S(=O)(=O)c3ccc(-c4ccccc4)cc3)C2)n1. The lowest BCUT2D eigenvalue weighted by Gasteiger charge is -2.31. The molecule has 150 valence electrons. The Morgan fingerprint density at radius 2 is 1.72 bits per heavy atom. The smallest absolute Gasteiger partial charge is 0.243 e. The second-order valence-electron chi connectivity index (χ2n) is 7.08. The van der Waals surface area contributed by atoms with Gasteiger partial charge in [0.25, 0.3) is 0 Å². The van der Waals surface area contributed by atoms with Gasteiger partial charge in [-0.2, -0.15) is 9.29 Å². The molecule has 29 heavy (non-hydrogen) atoms. The summed E-state index contributed by atoms with van der Waals surface area (Å²) in [5, 5.41) is 0. The first-order valence-corrected chi connectivity index (χ1v) is 11.1. The second kappa shape index (κ2) is 8.31. The summed E-state index contributed by atoms with van der Waals surface area (Å²) < 4.78 is 33.7. The highest BCUT2D eigenvalue weighted by Gasteiger charge is 2.31. The molecular formula is C22H23N3O3S. The molecule has 0 radical (unpaired) electrons. The quantitative estimate of drug-likeness (QED) is 0.643. The molecule has 0 saturated carbocycles. The van der Waals surface area contributed by atoms with Crippen LogP contribution in [0.4, 0.5) is 0 Å². The van der Waals surface area contributed by atoms with E-state index in [1.54, 1.807) is 31.3 Å². The molecular weight excluding hydrogens is 386 g/mol. The van der Waals surface area contributed by atoms with Crippen molar-refractivity contribution in [2.45, 2.75) is 30.8 Å². The van der Waals surface area contributed by atoms with E-state index in [0.717, 1.165) is 24.0 Å². The van der Waals surface area contributed by atoms with Gasteiger partial charge in [-0.15, -0.1) is 0 Å². The molecule has 1 fully saturated rings. The van der Waals surface area contributed by atoms with Crippen LogP contribution in [0.1, 0.15) is 18.7 Å². The van der Waals surface area contributed by atoms with E-state index in [1.807, 2.05) is 42.5 Å². The Labute approximate surface area is 171 Å². The Kier molecular flexibility index (Phi) is 5.60. The number of aryl methyl sites for hydroxylation is 1. The Bertz CT molecular complexity index is 1070. The fraction of sp³-hybridized carbons (Fsp3) is 0.273. The number of piperidine rings is 1. The van der Waals surface area contributed by atoms with Gasteiger partial charge in [-0.25, -0.2) is 13.4 Å². The molecule has 1 aromatic heterocycles. The Morgan fingerprint density at radius 3 is 2.45 bits per heavy atom. The Balaban J connectivity index is 1.49. The minimum absolute atomic E-state index is 0.226. The highest BCUT2D eigenvalue weighted by atomic mass is 32.2. The average Bonchev–Trinajstić information content (AvgIpc) is 2.75. The molecule has 6 nitrogen and oxygen atoms in total. The molecule has 7 heteroatoms. The lowest BCUT2D eigenvalue weighted by molar-refractivity contribution is 0.124. The summed E-state index contributed by atoms with van der Waals surface area (Å²) in [6.07, 6.45) is 2.96. The van der Waals surface area contributed by atoms with E-state index >= 15 is 0 Å². The van der Waals surface area contributed by atoms with Crippen molar-refractivity contribution < 1.29 is 13.2 Å². The summed E-state index contributed by atoms with van der Waals surface area (Å²) in [5.41, 5.74) is 2.05. The van der Waals surface area contributed by atoms with E-state index < -0.39 is 10.0 Å². The summed E-state index contributed by atoms with van der Waals surface area (Å²) >= 11 is 0. The number of aromatic nitrogens is 2. The molecule has 2 heterocycles. The fourth-order valence-electron chi connectivity index (χ4n) is 3.49. The van der Waals surface area contributed by atoms with Gasteiger partial charge in [-0.1, -0.05) is 42.5 Å². The fourth-order valence-corrected chi connectivity index (χ4v) is 5.00. The van der Waals surface area contributed by atoms with Gasteiger partial charge >= 0.3 is 0 Å². The predicted molar refractivity (Wildman–Crippen MR) is 111 cm³/mol. The molecule has 1 saturated heterocycles. The van der Waals surface area contributed by atoms with Crippen LogP contribution in [0.5, 0.6) is 5.88 Å². The van der Waals surface area contributed by atoms with Gasteiger partial charge in [0.1, 0.15) is 11.9 Å². The van der Waals surface area contributed by atoms with E-state index in [4.69, 9.17) is 4.74 Å². The number of sulfonamides is 1. The minimum Gasteiger partial charge on any atom is -0.473 e. The molecule has 1 unspecified atom stereocenters. The first-order valence-electron chi connectivity index (χ1n) is 9.64. The molecule has 1 atom stereocenters. The van der Waals surface area contributed by atoms with E-state index in [-0.39, 0.29) is 6.10 Å². The normalized spacial score (nSPS) is 17.8.